The summed E-state index contributed by atoms with van der Waals surface area (Å²) in [6.07, 6.45) is 13.5. The van der Waals surface area contributed by atoms with Crippen molar-refractivity contribution in [2.75, 3.05) is 20.1 Å². The maximum absolute atomic E-state index is 6.05. The number of nitrogens with zero attached hydrogens (tertiary/aromatic N) is 3. The minimum atomic E-state index is 0.271. The van der Waals surface area contributed by atoms with Crippen molar-refractivity contribution >= 4 is 0 Å². The largest absolute Gasteiger partial charge is 0.337 e. The Kier molecular flexibility index (Phi) is 4.78. The third kappa shape index (κ3) is 3.12. The van der Waals surface area contributed by atoms with Crippen LogP contribution in [0.3, 0.4) is 0 Å². The average molecular weight is 250 g/mol. The molecule has 2 rings (SSSR count). The Morgan fingerprint density at radius 3 is 2.72 bits per heavy atom. The standard InChI is InChI=1S/C14H26N4/c1-17(9-5-10-18-11-8-16-13-18)14(12-15)6-3-2-4-7-14/h8,11,13H,2-7,9-10,12,15H2,1H3. The molecule has 102 valence electrons. The van der Waals surface area contributed by atoms with Gasteiger partial charge < -0.3 is 10.3 Å². The summed E-state index contributed by atoms with van der Waals surface area (Å²) < 4.78 is 2.14. The van der Waals surface area contributed by atoms with E-state index in [2.05, 4.69) is 21.5 Å². The summed E-state index contributed by atoms with van der Waals surface area (Å²) in [5.74, 6) is 0. The molecular formula is C14H26N4. The summed E-state index contributed by atoms with van der Waals surface area (Å²) >= 11 is 0. The zero-order valence-electron chi connectivity index (χ0n) is 11.5. The smallest absolute Gasteiger partial charge is 0.0945 e. The van der Waals surface area contributed by atoms with Crippen LogP contribution in [0.15, 0.2) is 18.7 Å². The van der Waals surface area contributed by atoms with E-state index < -0.39 is 0 Å². The number of hydrogen-bond donors (Lipinski definition) is 1. The van der Waals surface area contributed by atoms with Gasteiger partial charge >= 0.3 is 0 Å². The molecule has 1 heterocycles. The van der Waals surface area contributed by atoms with E-state index in [0.717, 1.165) is 26.1 Å². The molecule has 1 saturated carbocycles. The SMILES string of the molecule is CN(CCCn1ccnc1)C1(CN)CCCCC1. The Hall–Kier alpha value is -0.870. The van der Waals surface area contributed by atoms with Crippen molar-refractivity contribution in [2.24, 2.45) is 5.73 Å². The van der Waals surface area contributed by atoms with Gasteiger partial charge in [-0.15, -0.1) is 0 Å². The highest BCUT2D eigenvalue weighted by Gasteiger charge is 2.34. The summed E-state index contributed by atoms with van der Waals surface area (Å²) in [7, 11) is 2.24. The molecule has 0 spiro atoms. The van der Waals surface area contributed by atoms with Gasteiger partial charge in [0.15, 0.2) is 0 Å². The van der Waals surface area contributed by atoms with E-state index >= 15 is 0 Å². The lowest BCUT2D eigenvalue weighted by Gasteiger charge is -2.44. The fourth-order valence-electron chi connectivity index (χ4n) is 3.10. The van der Waals surface area contributed by atoms with Gasteiger partial charge in [-0.25, -0.2) is 4.98 Å². The molecule has 4 heteroatoms. The van der Waals surface area contributed by atoms with E-state index in [1.807, 2.05) is 18.7 Å². The van der Waals surface area contributed by atoms with Gasteiger partial charge in [-0.2, -0.15) is 0 Å². The second-order valence-corrected chi connectivity index (χ2v) is 5.56. The Morgan fingerprint density at radius 1 is 1.33 bits per heavy atom. The molecule has 18 heavy (non-hydrogen) atoms. The van der Waals surface area contributed by atoms with Gasteiger partial charge in [0.05, 0.1) is 6.33 Å². The third-order valence-electron chi connectivity index (χ3n) is 4.44. The number of aryl methyl sites for hydroxylation is 1. The van der Waals surface area contributed by atoms with Crippen LogP contribution in [-0.4, -0.2) is 40.1 Å². The van der Waals surface area contributed by atoms with E-state index in [9.17, 15) is 0 Å². The number of imidazole rings is 1. The van der Waals surface area contributed by atoms with Crippen LogP contribution in [0.2, 0.25) is 0 Å². The number of aromatic nitrogens is 2. The minimum absolute atomic E-state index is 0.271. The summed E-state index contributed by atoms with van der Waals surface area (Å²) in [6, 6.07) is 0. The molecule has 0 atom stereocenters. The molecule has 0 aliphatic heterocycles. The van der Waals surface area contributed by atoms with Crippen LogP contribution in [0.1, 0.15) is 38.5 Å². The molecule has 1 aliphatic carbocycles. The van der Waals surface area contributed by atoms with Crippen LogP contribution in [0.4, 0.5) is 0 Å². The highest BCUT2D eigenvalue weighted by Crippen LogP contribution is 2.32. The quantitative estimate of drug-likeness (QED) is 0.838. The summed E-state index contributed by atoms with van der Waals surface area (Å²) in [4.78, 5) is 6.57. The molecule has 0 unspecified atom stereocenters. The highest BCUT2D eigenvalue weighted by molar-refractivity contribution is 4.92. The number of likely N-dealkylation sites (N-methyl/N-ethyl adjacent to an activating group) is 1. The van der Waals surface area contributed by atoms with E-state index in [-0.39, 0.29) is 5.54 Å². The predicted octanol–water partition coefficient (Wildman–Crippen LogP) is 1.87. The normalized spacial score (nSPS) is 19.3. The molecule has 1 aromatic rings. The Bertz CT molecular complexity index is 328. The molecule has 0 radical (unpaired) electrons. The third-order valence-corrected chi connectivity index (χ3v) is 4.44. The molecule has 0 saturated heterocycles. The van der Waals surface area contributed by atoms with E-state index in [0.29, 0.717) is 0 Å². The van der Waals surface area contributed by atoms with E-state index in [1.54, 1.807) is 0 Å². The summed E-state index contributed by atoms with van der Waals surface area (Å²) in [5.41, 5.74) is 6.32. The van der Waals surface area contributed by atoms with Gasteiger partial charge in [0.2, 0.25) is 0 Å². The van der Waals surface area contributed by atoms with Gasteiger partial charge in [-0.1, -0.05) is 19.3 Å². The monoisotopic (exact) mass is 250 g/mol. The highest BCUT2D eigenvalue weighted by atomic mass is 15.2. The van der Waals surface area contributed by atoms with Crippen molar-refractivity contribution in [1.82, 2.24) is 14.5 Å². The molecule has 0 bridgehead atoms. The second-order valence-electron chi connectivity index (χ2n) is 5.56. The van der Waals surface area contributed by atoms with Crippen molar-refractivity contribution in [2.45, 2.75) is 50.6 Å². The number of hydrogen-bond acceptors (Lipinski definition) is 3. The van der Waals surface area contributed by atoms with Crippen LogP contribution in [0, 0.1) is 0 Å². The first kappa shape index (κ1) is 13.6. The average Bonchev–Trinajstić information content (AvgIpc) is 2.92. The van der Waals surface area contributed by atoms with Gasteiger partial charge in [0.25, 0.3) is 0 Å². The predicted molar refractivity (Wildman–Crippen MR) is 74.3 cm³/mol. The molecule has 1 aliphatic rings. The fourth-order valence-corrected chi connectivity index (χ4v) is 3.10. The van der Waals surface area contributed by atoms with Crippen molar-refractivity contribution in [1.29, 1.82) is 0 Å². The van der Waals surface area contributed by atoms with Gasteiger partial charge in [0, 0.05) is 37.6 Å². The molecule has 2 N–H and O–H groups in total. The van der Waals surface area contributed by atoms with Gasteiger partial charge in [-0.05, 0) is 26.3 Å². The van der Waals surface area contributed by atoms with Crippen LogP contribution >= 0.6 is 0 Å². The zero-order chi connectivity index (χ0) is 12.8. The number of nitrogens with two attached hydrogens (primary N) is 1. The zero-order valence-corrected chi connectivity index (χ0v) is 11.5. The lowest BCUT2D eigenvalue weighted by Crippen LogP contribution is -2.53. The van der Waals surface area contributed by atoms with Crippen molar-refractivity contribution in [3.63, 3.8) is 0 Å². The van der Waals surface area contributed by atoms with Crippen LogP contribution in [0.5, 0.6) is 0 Å². The first-order valence-corrected chi connectivity index (χ1v) is 7.14. The molecule has 4 nitrogen and oxygen atoms in total. The molecular weight excluding hydrogens is 224 g/mol. The Morgan fingerprint density at radius 2 is 2.11 bits per heavy atom. The Labute approximate surface area is 110 Å². The number of rotatable bonds is 6. The second kappa shape index (κ2) is 6.34. The van der Waals surface area contributed by atoms with Crippen molar-refractivity contribution in [3.05, 3.63) is 18.7 Å². The first-order chi connectivity index (χ1) is 8.77. The fraction of sp³-hybridized carbons (Fsp3) is 0.786. The topological polar surface area (TPSA) is 47.1 Å². The van der Waals surface area contributed by atoms with Crippen LogP contribution < -0.4 is 5.73 Å². The summed E-state index contributed by atoms with van der Waals surface area (Å²) in [6.45, 7) is 2.97. The Balaban J connectivity index is 1.80. The lowest BCUT2D eigenvalue weighted by atomic mass is 9.80. The maximum Gasteiger partial charge on any atom is 0.0945 e. The summed E-state index contributed by atoms with van der Waals surface area (Å²) in [5, 5.41) is 0. The molecule has 1 fully saturated rings. The first-order valence-electron chi connectivity index (χ1n) is 7.14. The van der Waals surface area contributed by atoms with E-state index in [4.69, 9.17) is 5.73 Å². The van der Waals surface area contributed by atoms with Crippen LogP contribution in [0.25, 0.3) is 0 Å². The maximum atomic E-state index is 6.05. The molecule has 0 aromatic carbocycles. The minimum Gasteiger partial charge on any atom is -0.337 e. The van der Waals surface area contributed by atoms with Gasteiger partial charge in [-0.3, -0.25) is 4.90 Å². The molecule has 1 aromatic heterocycles. The van der Waals surface area contributed by atoms with Crippen LogP contribution in [-0.2, 0) is 6.54 Å². The van der Waals surface area contributed by atoms with Crippen molar-refractivity contribution < 1.29 is 0 Å². The van der Waals surface area contributed by atoms with Gasteiger partial charge in [0.1, 0.15) is 0 Å². The molecule has 0 amide bonds. The van der Waals surface area contributed by atoms with Crippen molar-refractivity contribution in [3.8, 4) is 0 Å². The lowest BCUT2D eigenvalue weighted by molar-refractivity contribution is 0.0804. The van der Waals surface area contributed by atoms with E-state index in [1.165, 1.54) is 32.1 Å².